The molecular weight excluding hydrogens is 359 g/mol. The third kappa shape index (κ3) is 4.89. The molecule has 0 aromatic heterocycles. The number of amides is 2. The topological polar surface area (TPSA) is 78.7 Å². The van der Waals surface area contributed by atoms with E-state index in [-0.39, 0.29) is 17.4 Å². The molecule has 7 heteroatoms. The van der Waals surface area contributed by atoms with Gasteiger partial charge in [-0.05, 0) is 31.9 Å². The van der Waals surface area contributed by atoms with Crippen molar-refractivity contribution in [1.29, 1.82) is 0 Å². The number of piperazine rings is 1. The molecule has 1 aromatic carbocycles. The van der Waals surface area contributed by atoms with E-state index in [9.17, 15) is 14.0 Å². The van der Waals surface area contributed by atoms with Gasteiger partial charge in [0.1, 0.15) is 5.82 Å². The number of carbonyl (C=O) groups excluding carboxylic acids is 2. The highest BCUT2D eigenvalue weighted by atomic mass is 19.1. The SMILES string of the molecule is CC1(N)CCCCC1C(=O)N1CCN(CCNC(=O)c2ccccc2F)CC1. The van der Waals surface area contributed by atoms with Gasteiger partial charge in [0.2, 0.25) is 5.91 Å². The zero-order valence-electron chi connectivity index (χ0n) is 16.6. The van der Waals surface area contributed by atoms with Crippen LogP contribution in [-0.2, 0) is 4.79 Å². The monoisotopic (exact) mass is 390 g/mol. The number of benzene rings is 1. The average Bonchev–Trinajstić information content (AvgIpc) is 2.68. The Bertz CT molecular complexity index is 701. The Morgan fingerprint density at radius 3 is 2.61 bits per heavy atom. The first kappa shape index (κ1) is 20.7. The van der Waals surface area contributed by atoms with Crippen molar-refractivity contribution in [2.75, 3.05) is 39.3 Å². The van der Waals surface area contributed by atoms with Crippen molar-refractivity contribution in [1.82, 2.24) is 15.1 Å². The number of nitrogens with two attached hydrogens (primary N) is 1. The number of hydrogen-bond donors (Lipinski definition) is 2. The lowest BCUT2D eigenvalue weighted by molar-refractivity contribution is -0.140. The second-order valence-electron chi connectivity index (χ2n) is 8.21. The second-order valence-corrected chi connectivity index (χ2v) is 8.21. The number of hydrogen-bond acceptors (Lipinski definition) is 4. The summed E-state index contributed by atoms with van der Waals surface area (Å²) in [5, 5.41) is 2.77. The van der Waals surface area contributed by atoms with Gasteiger partial charge in [-0.25, -0.2) is 4.39 Å². The van der Waals surface area contributed by atoms with Gasteiger partial charge in [0, 0.05) is 44.8 Å². The molecule has 0 spiro atoms. The van der Waals surface area contributed by atoms with Crippen LogP contribution in [0.1, 0.15) is 43.0 Å². The number of nitrogens with zero attached hydrogens (tertiary/aromatic N) is 2. The van der Waals surface area contributed by atoms with Crippen molar-refractivity contribution in [2.45, 2.75) is 38.1 Å². The number of rotatable bonds is 5. The lowest BCUT2D eigenvalue weighted by Gasteiger charge is -2.42. The molecule has 1 aromatic rings. The normalized spacial score (nSPS) is 26.1. The lowest BCUT2D eigenvalue weighted by Crippen LogP contribution is -2.57. The third-order valence-corrected chi connectivity index (χ3v) is 6.07. The van der Waals surface area contributed by atoms with Crippen LogP contribution in [0, 0.1) is 11.7 Å². The zero-order valence-corrected chi connectivity index (χ0v) is 16.6. The van der Waals surface area contributed by atoms with E-state index >= 15 is 0 Å². The molecule has 2 amide bonds. The van der Waals surface area contributed by atoms with Gasteiger partial charge in [-0.3, -0.25) is 14.5 Å². The summed E-state index contributed by atoms with van der Waals surface area (Å²) in [4.78, 5) is 29.1. The maximum atomic E-state index is 13.6. The molecule has 2 fully saturated rings. The molecule has 1 saturated heterocycles. The first-order valence-electron chi connectivity index (χ1n) is 10.2. The molecular formula is C21H31FN4O2. The van der Waals surface area contributed by atoms with Gasteiger partial charge < -0.3 is 16.0 Å². The highest BCUT2D eigenvalue weighted by molar-refractivity contribution is 5.94. The van der Waals surface area contributed by atoms with Crippen LogP contribution in [0.4, 0.5) is 4.39 Å². The quantitative estimate of drug-likeness (QED) is 0.801. The predicted molar refractivity (Wildman–Crippen MR) is 106 cm³/mol. The van der Waals surface area contributed by atoms with Gasteiger partial charge in [0.15, 0.2) is 0 Å². The van der Waals surface area contributed by atoms with Crippen molar-refractivity contribution in [3.63, 3.8) is 0 Å². The first-order chi connectivity index (χ1) is 13.4. The Balaban J connectivity index is 1.41. The molecule has 2 unspecified atom stereocenters. The van der Waals surface area contributed by atoms with E-state index in [0.717, 1.165) is 38.8 Å². The molecule has 154 valence electrons. The van der Waals surface area contributed by atoms with Gasteiger partial charge in [-0.2, -0.15) is 0 Å². The summed E-state index contributed by atoms with van der Waals surface area (Å²) in [7, 11) is 0. The van der Waals surface area contributed by atoms with E-state index in [4.69, 9.17) is 5.73 Å². The summed E-state index contributed by atoms with van der Waals surface area (Å²) in [6.07, 6.45) is 3.97. The molecule has 3 rings (SSSR count). The van der Waals surface area contributed by atoms with Crippen LogP contribution in [0.5, 0.6) is 0 Å². The van der Waals surface area contributed by atoms with Crippen molar-refractivity contribution in [3.8, 4) is 0 Å². The molecule has 1 aliphatic carbocycles. The fraction of sp³-hybridized carbons (Fsp3) is 0.619. The average molecular weight is 391 g/mol. The maximum Gasteiger partial charge on any atom is 0.254 e. The summed E-state index contributed by atoms with van der Waals surface area (Å²) in [5.41, 5.74) is 6.05. The maximum absolute atomic E-state index is 13.6. The molecule has 1 saturated carbocycles. The summed E-state index contributed by atoms with van der Waals surface area (Å²) in [6, 6.07) is 5.97. The van der Waals surface area contributed by atoms with Gasteiger partial charge >= 0.3 is 0 Å². The Morgan fingerprint density at radius 1 is 1.21 bits per heavy atom. The standard InChI is InChI=1S/C21H31FN4O2/c1-21(23)9-5-4-7-17(21)20(28)26-14-12-25(13-15-26)11-10-24-19(27)16-6-2-3-8-18(16)22/h2-3,6,8,17H,4-5,7,9-15,23H2,1H3,(H,24,27). The summed E-state index contributed by atoms with van der Waals surface area (Å²) < 4.78 is 13.6. The van der Waals surface area contributed by atoms with Crippen LogP contribution >= 0.6 is 0 Å². The number of nitrogens with one attached hydrogen (secondary N) is 1. The van der Waals surface area contributed by atoms with Crippen molar-refractivity contribution < 1.29 is 14.0 Å². The van der Waals surface area contributed by atoms with Gasteiger partial charge in [-0.1, -0.05) is 25.0 Å². The second kappa shape index (κ2) is 9.01. The van der Waals surface area contributed by atoms with E-state index in [1.165, 1.54) is 12.1 Å². The highest BCUT2D eigenvalue weighted by Crippen LogP contribution is 2.33. The number of halogens is 1. The fourth-order valence-corrected chi connectivity index (χ4v) is 4.24. The third-order valence-electron chi connectivity index (χ3n) is 6.07. The molecule has 2 atom stereocenters. The Labute approximate surface area is 166 Å². The van der Waals surface area contributed by atoms with Crippen LogP contribution in [0.25, 0.3) is 0 Å². The minimum atomic E-state index is -0.512. The molecule has 0 bridgehead atoms. The molecule has 0 radical (unpaired) electrons. The van der Waals surface area contributed by atoms with Crippen LogP contribution in [0.2, 0.25) is 0 Å². The van der Waals surface area contributed by atoms with Crippen molar-refractivity contribution >= 4 is 11.8 Å². The lowest BCUT2D eigenvalue weighted by atomic mass is 9.74. The molecule has 28 heavy (non-hydrogen) atoms. The van der Waals surface area contributed by atoms with E-state index in [1.807, 2.05) is 11.8 Å². The fourth-order valence-electron chi connectivity index (χ4n) is 4.24. The molecule has 2 aliphatic rings. The smallest absolute Gasteiger partial charge is 0.254 e. The van der Waals surface area contributed by atoms with Crippen LogP contribution in [0.3, 0.4) is 0 Å². The molecule has 6 nitrogen and oxygen atoms in total. The van der Waals surface area contributed by atoms with Crippen LogP contribution < -0.4 is 11.1 Å². The molecule has 1 aliphatic heterocycles. The Kier molecular flexibility index (Phi) is 6.67. The minimum absolute atomic E-state index is 0.0650. The largest absolute Gasteiger partial charge is 0.351 e. The highest BCUT2D eigenvalue weighted by Gasteiger charge is 2.40. The van der Waals surface area contributed by atoms with E-state index in [1.54, 1.807) is 12.1 Å². The van der Waals surface area contributed by atoms with Crippen molar-refractivity contribution in [3.05, 3.63) is 35.6 Å². The Morgan fingerprint density at radius 2 is 1.93 bits per heavy atom. The van der Waals surface area contributed by atoms with Gasteiger partial charge in [0.05, 0.1) is 11.5 Å². The van der Waals surface area contributed by atoms with Gasteiger partial charge in [0.25, 0.3) is 5.91 Å². The first-order valence-corrected chi connectivity index (χ1v) is 10.2. The predicted octanol–water partition coefficient (Wildman–Crippen LogP) is 1.61. The van der Waals surface area contributed by atoms with E-state index in [2.05, 4.69) is 10.2 Å². The van der Waals surface area contributed by atoms with Crippen molar-refractivity contribution in [2.24, 2.45) is 11.7 Å². The molecule has 3 N–H and O–H groups in total. The van der Waals surface area contributed by atoms with Crippen LogP contribution in [-0.4, -0.2) is 66.4 Å². The Hall–Kier alpha value is -1.99. The minimum Gasteiger partial charge on any atom is -0.351 e. The number of carbonyl (C=O) groups is 2. The van der Waals surface area contributed by atoms with E-state index in [0.29, 0.717) is 26.2 Å². The van der Waals surface area contributed by atoms with Crippen LogP contribution in [0.15, 0.2) is 24.3 Å². The summed E-state index contributed by atoms with van der Waals surface area (Å²) in [6.45, 7) is 6.05. The van der Waals surface area contributed by atoms with E-state index < -0.39 is 17.3 Å². The zero-order chi connectivity index (χ0) is 20.1. The summed E-state index contributed by atoms with van der Waals surface area (Å²) in [5.74, 6) is -0.793. The molecule has 1 heterocycles. The van der Waals surface area contributed by atoms with Gasteiger partial charge in [-0.15, -0.1) is 0 Å². The summed E-state index contributed by atoms with van der Waals surface area (Å²) >= 11 is 0.